The number of carbonyl (C=O) groups excluding carboxylic acids is 2. The van der Waals surface area contributed by atoms with Gasteiger partial charge in [-0.2, -0.15) is 18.3 Å². The number of amides is 1. The molecule has 0 bridgehead atoms. The quantitative estimate of drug-likeness (QED) is 0.158. The topological polar surface area (TPSA) is 89.4 Å². The van der Waals surface area contributed by atoms with Gasteiger partial charge in [-0.3, -0.25) is 9.74 Å². The van der Waals surface area contributed by atoms with Crippen molar-refractivity contribution < 1.29 is 32.2 Å². The maximum absolute atomic E-state index is 13.2. The van der Waals surface area contributed by atoms with E-state index in [4.69, 9.17) is 5.10 Å². The van der Waals surface area contributed by atoms with E-state index in [-0.39, 0.29) is 30.8 Å². The normalized spacial score (nSPS) is 14.4. The first-order chi connectivity index (χ1) is 22.6. The van der Waals surface area contributed by atoms with Crippen LogP contribution in [0.4, 0.5) is 23.4 Å². The van der Waals surface area contributed by atoms with Gasteiger partial charge in [0.1, 0.15) is 0 Å². The zero-order chi connectivity index (χ0) is 33.4. The number of nitrogens with one attached hydrogen (secondary N) is 1. The van der Waals surface area contributed by atoms with E-state index in [0.29, 0.717) is 17.8 Å². The number of alkyl halides is 3. The van der Waals surface area contributed by atoms with E-state index in [2.05, 4.69) is 27.4 Å². The molecule has 2 heterocycles. The second-order valence-corrected chi connectivity index (χ2v) is 11.9. The number of hydrogen-bond acceptors (Lipinski definition) is 6. The number of rotatable bonds is 12. The average molecular weight is 652 g/mol. The van der Waals surface area contributed by atoms with Crippen LogP contribution in [0.15, 0.2) is 79.1 Å². The van der Waals surface area contributed by atoms with Gasteiger partial charge in [0.25, 0.3) is 5.91 Å². The third-order valence-electron chi connectivity index (χ3n) is 8.62. The number of benzene rings is 2. The van der Waals surface area contributed by atoms with Crippen molar-refractivity contribution in [1.82, 2.24) is 19.7 Å². The molecular weight excluding hydrogens is 614 g/mol. The Labute approximate surface area is 270 Å². The molecule has 2 aromatic heterocycles. The van der Waals surface area contributed by atoms with Gasteiger partial charge in [0.05, 0.1) is 23.7 Å². The summed E-state index contributed by atoms with van der Waals surface area (Å²) in [5.74, 6) is -0.793. The van der Waals surface area contributed by atoms with Crippen molar-refractivity contribution in [3.05, 3.63) is 107 Å². The molecule has 4 aromatic rings. The minimum Gasteiger partial charge on any atom is -0.378 e. The number of carbonyl (C=O) groups is 2. The van der Waals surface area contributed by atoms with Crippen molar-refractivity contribution in [2.24, 2.45) is 5.92 Å². The number of anilines is 1. The maximum Gasteiger partial charge on any atom is 0.417 e. The zero-order valence-electron chi connectivity index (χ0n) is 26.0. The lowest BCUT2D eigenvalue weighted by atomic mass is 9.80. The van der Waals surface area contributed by atoms with E-state index >= 15 is 0 Å². The molecule has 1 saturated carbocycles. The first kappa shape index (κ1) is 33.6. The van der Waals surface area contributed by atoms with Crippen LogP contribution in [0, 0.1) is 5.92 Å². The molecule has 2 aromatic carbocycles. The van der Waals surface area contributed by atoms with Gasteiger partial charge < -0.3 is 10.2 Å². The van der Waals surface area contributed by atoms with Gasteiger partial charge in [0, 0.05) is 47.3 Å². The summed E-state index contributed by atoms with van der Waals surface area (Å²) in [4.78, 5) is 32.6. The van der Waals surface area contributed by atoms with Crippen molar-refractivity contribution >= 4 is 17.6 Å². The van der Waals surface area contributed by atoms with Crippen LogP contribution in [0.25, 0.3) is 5.82 Å². The largest absolute Gasteiger partial charge is 0.417 e. The molecule has 0 radical (unpaired) electrons. The smallest absolute Gasteiger partial charge is 0.378 e. The van der Waals surface area contributed by atoms with Crippen molar-refractivity contribution in [2.45, 2.75) is 63.6 Å². The standard InChI is InChI=1S/C35H37F4N5O3/c1-43(21-20-32(45)47-39)34(46)26-13-16-28(17-14-26)41-33(25-10-6-3-7-11-25)29-23-44(31-19-15-27(22-40-31)35(36,37)38)42-30(29)18-12-24-8-4-2-5-9-24/h2,4-5,8-9,13-17,19,22-23,25,33,41H,3,6-7,10-12,18,20-21H2,1H3. The summed E-state index contributed by atoms with van der Waals surface area (Å²) in [5, 5.41) is 8.55. The van der Waals surface area contributed by atoms with E-state index < -0.39 is 17.7 Å². The van der Waals surface area contributed by atoms with Gasteiger partial charge in [0.15, 0.2) is 5.82 Å². The van der Waals surface area contributed by atoms with Crippen LogP contribution in [0.3, 0.4) is 0 Å². The van der Waals surface area contributed by atoms with Gasteiger partial charge in [-0.05, 0) is 73.6 Å². The molecule has 248 valence electrons. The summed E-state index contributed by atoms with van der Waals surface area (Å²) in [7, 11) is 1.53. The Bertz CT molecular complexity index is 1620. The highest BCUT2D eigenvalue weighted by Gasteiger charge is 2.32. The van der Waals surface area contributed by atoms with Gasteiger partial charge >= 0.3 is 12.1 Å². The summed E-state index contributed by atoms with van der Waals surface area (Å²) in [5.41, 5.74) is 3.30. The lowest BCUT2D eigenvalue weighted by Crippen LogP contribution is -2.29. The summed E-state index contributed by atoms with van der Waals surface area (Å²) in [6.07, 6.45) is 4.64. The zero-order valence-corrected chi connectivity index (χ0v) is 26.0. The summed E-state index contributed by atoms with van der Waals surface area (Å²) in [6, 6.07) is 19.2. The predicted molar refractivity (Wildman–Crippen MR) is 168 cm³/mol. The minimum absolute atomic E-state index is 0.00881. The van der Waals surface area contributed by atoms with Crippen LogP contribution in [-0.2, 0) is 28.8 Å². The summed E-state index contributed by atoms with van der Waals surface area (Å²) in [6.45, 7) is 0.00881. The molecule has 1 amide bonds. The van der Waals surface area contributed by atoms with Crippen LogP contribution in [-0.4, -0.2) is 45.1 Å². The van der Waals surface area contributed by atoms with Crippen molar-refractivity contribution in [3.63, 3.8) is 0 Å². The molecule has 12 heteroatoms. The molecule has 0 aliphatic heterocycles. The fourth-order valence-corrected chi connectivity index (χ4v) is 6.02. The first-order valence-electron chi connectivity index (χ1n) is 15.7. The van der Waals surface area contributed by atoms with Crippen molar-refractivity contribution in [1.29, 1.82) is 0 Å². The molecule has 8 nitrogen and oxygen atoms in total. The third kappa shape index (κ3) is 8.75. The fraction of sp³-hybridized carbons (Fsp3) is 0.371. The molecular formula is C35H37F4N5O3. The SMILES string of the molecule is CN(CCC(=O)OF)C(=O)c1ccc(NC(c2cn(-c3ccc(C(F)(F)F)cn3)nc2CCc2ccccc2)C2CCCCC2)cc1. The molecule has 1 N–H and O–H groups in total. The summed E-state index contributed by atoms with van der Waals surface area (Å²) >= 11 is 0. The predicted octanol–water partition coefficient (Wildman–Crippen LogP) is 7.69. The molecule has 1 aliphatic carbocycles. The lowest BCUT2D eigenvalue weighted by molar-refractivity contribution is -0.183. The number of aryl methyl sites for hydroxylation is 2. The van der Waals surface area contributed by atoms with E-state index in [1.165, 1.54) is 18.0 Å². The minimum atomic E-state index is -4.49. The van der Waals surface area contributed by atoms with Crippen LogP contribution < -0.4 is 5.32 Å². The van der Waals surface area contributed by atoms with Gasteiger partial charge in [-0.25, -0.2) is 14.5 Å². The third-order valence-corrected chi connectivity index (χ3v) is 8.62. The highest BCUT2D eigenvalue weighted by Crippen LogP contribution is 2.39. The number of halogens is 4. The van der Waals surface area contributed by atoms with E-state index in [0.717, 1.165) is 73.3 Å². The lowest BCUT2D eigenvalue weighted by Gasteiger charge is -2.32. The van der Waals surface area contributed by atoms with Crippen LogP contribution in [0.1, 0.15) is 77.3 Å². The Balaban J connectivity index is 1.44. The Morgan fingerprint density at radius 2 is 1.72 bits per heavy atom. The van der Waals surface area contributed by atoms with Crippen molar-refractivity contribution in [3.8, 4) is 5.82 Å². The van der Waals surface area contributed by atoms with Crippen LogP contribution >= 0.6 is 0 Å². The second kappa shape index (κ2) is 15.2. The van der Waals surface area contributed by atoms with Crippen LogP contribution in [0.2, 0.25) is 0 Å². The second-order valence-electron chi connectivity index (χ2n) is 11.9. The fourth-order valence-electron chi connectivity index (χ4n) is 6.02. The number of hydrogen-bond donors (Lipinski definition) is 1. The Morgan fingerprint density at radius 1 is 1.00 bits per heavy atom. The molecule has 1 fully saturated rings. The molecule has 5 rings (SSSR count). The first-order valence-corrected chi connectivity index (χ1v) is 15.7. The van der Waals surface area contributed by atoms with Crippen LogP contribution in [0.5, 0.6) is 0 Å². The van der Waals surface area contributed by atoms with E-state index in [9.17, 15) is 27.3 Å². The molecule has 1 unspecified atom stereocenters. The van der Waals surface area contributed by atoms with E-state index in [1.807, 2.05) is 36.5 Å². The highest BCUT2D eigenvalue weighted by atomic mass is 19.4. The highest BCUT2D eigenvalue weighted by molar-refractivity contribution is 5.94. The van der Waals surface area contributed by atoms with Gasteiger partial charge in [-0.15, -0.1) is 0 Å². The molecule has 0 saturated heterocycles. The van der Waals surface area contributed by atoms with Crippen molar-refractivity contribution in [2.75, 3.05) is 18.9 Å². The Kier molecular flexibility index (Phi) is 10.9. The summed E-state index contributed by atoms with van der Waals surface area (Å²) < 4.78 is 53.3. The Morgan fingerprint density at radius 3 is 2.36 bits per heavy atom. The molecule has 1 aliphatic rings. The van der Waals surface area contributed by atoms with Gasteiger partial charge in [0.2, 0.25) is 0 Å². The number of nitrogens with zero attached hydrogens (tertiary/aromatic N) is 4. The monoisotopic (exact) mass is 651 g/mol. The Hall–Kier alpha value is -4.74. The number of aromatic nitrogens is 3. The molecule has 0 spiro atoms. The average Bonchev–Trinajstić information content (AvgIpc) is 3.52. The molecule has 1 atom stereocenters. The van der Waals surface area contributed by atoms with Gasteiger partial charge in [-0.1, -0.05) is 49.6 Å². The molecule has 47 heavy (non-hydrogen) atoms. The van der Waals surface area contributed by atoms with E-state index in [1.54, 1.807) is 16.8 Å². The number of pyridine rings is 1. The maximum atomic E-state index is 13.2.